The molecule has 1 aromatic rings. The fourth-order valence-electron chi connectivity index (χ4n) is 3.35. The maximum atomic E-state index is 14.5. The molecule has 1 aromatic carbocycles. The molecule has 0 bridgehead atoms. The van der Waals surface area contributed by atoms with E-state index in [1.54, 1.807) is 12.1 Å². The van der Waals surface area contributed by atoms with Crippen LogP contribution in [0.1, 0.15) is 32.3 Å². The van der Waals surface area contributed by atoms with Gasteiger partial charge in [0.1, 0.15) is 11.2 Å². The molecular weight excluding hydrogens is 325 g/mol. The summed E-state index contributed by atoms with van der Waals surface area (Å²) >= 11 is 0. The molecule has 136 valence electrons. The van der Waals surface area contributed by atoms with Gasteiger partial charge in [-0.1, -0.05) is 6.07 Å². The van der Waals surface area contributed by atoms with Crippen LogP contribution in [-0.4, -0.2) is 37.1 Å². The van der Waals surface area contributed by atoms with Crippen LogP contribution in [0.25, 0.3) is 0 Å². The zero-order chi connectivity index (χ0) is 18.2. The molecule has 0 spiro atoms. The highest BCUT2D eigenvalue weighted by Gasteiger charge is 2.55. The van der Waals surface area contributed by atoms with Crippen molar-refractivity contribution in [3.8, 4) is 0 Å². The molecule has 2 atom stereocenters. The SMILES string of the molecule is C[C@@H]1CN(c2ccc(CNC(=O)C3(C(N)=O)CC3)cc2F)C[C@@H](C)O1. The largest absolute Gasteiger partial charge is 0.372 e. The minimum Gasteiger partial charge on any atom is -0.372 e. The van der Waals surface area contributed by atoms with E-state index in [2.05, 4.69) is 5.32 Å². The molecule has 0 unspecified atom stereocenters. The van der Waals surface area contributed by atoms with Crippen LogP contribution in [0.15, 0.2) is 18.2 Å². The molecule has 2 fully saturated rings. The number of nitrogens with two attached hydrogens (primary N) is 1. The van der Waals surface area contributed by atoms with Crippen LogP contribution in [0.4, 0.5) is 10.1 Å². The lowest BCUT2D eigenvalue weighted by Crippen LogP contribution is -2.45. The molecule has 2 amide bonds. The van der Waals surface area contributed by atoms with E-state index in [0.29, 0.717) is 37.2 Å². The van der Waals surface area contributed by atoms with Crippen molar-refractivity contribution in [3.63, 3.8) is 0 Å². The first-order valence-electron chi connectivity index (χ1n) is 8.59. The Hall–Kier alpha value is -2.15. The van der Waals surface area contributed by atoms with E-state index in [1.165, 1.54) is 6.07 Å². The molecule has 1 aliphatic carbocycles. The second-order valence-electron chi connectivity index (χ2n) is 7.08. The Bertz CT molecular complexity index is 680. The van der Waals surface area contributed by atoms with Gasteiger partial charge in [-0.15, -0.1) is 0 Å². The highest BCUT2D eigenvalue weighted by atomic mass is 19.1. The van der Waals surface area contributed by atoms with Crippen LogP contribution in [0.2, 0.25) is 0 Å². The lowest BCUT2D eigenvalue weighted by atomic mass is 10.1. The highest BCUT2D eigenvalue weighted by molar-refractivity contribution is 6.07. The number of anilines is 1. The van der Waals surface area contributed by atoms with Gasteiger partial charge in [0.05, 0.1) is 17.9 Å². The first-order chi connectivity index (χ1) is 11.8. The average molecular weight is 349 g/mol. The number of nitrogens with one attached hydrogen (secondary N) is 1. The number of amides is 2. The van der Waals surface area contributed by atoms with Gasteiger partial charge in [0, 0.05) is 19.6 Å². The molecule has 1 aliphatic heterocycles. The zero-order valence-electron chi connectivity index (χ0n) is 14.5. The lowest BCUT2D eigenvalue weighted by Gasteiger charge is -2.37. The number of hydrogen-bond acceptors (Lipinski definition) is 4. The summed E-state index contributed by atoms with van der Waals surface area (Å²) in [5, 5.41) is 2.68. The molecule has 2 aliphatic rings. The van der Waals surface area contributed by atoms with Crippen molar-refractivity contribution in [3.05, 3.63) is 29.6 Å². The normalized spacial score (nSPS) is 24.7. The second kappa shape index (κ2) is 6.63. The average Bonchev–Trinajstić information content (AvgIpc) is 3.33. The third-order valence-electron chi connectivity index (χ3n) is 4.88. The number of nitrogens with zero attached hydrogens (tertiary/aromatic N) is 1. The molecule has 7 heteroatoms. The number of carbonyl (C=O) groups excluding carboxylic acids is 2. The topological polar surface area (TPSA) is 84.7 Å². The van der Waals surface area contributed by atoms with E-state index in [1.807, 2.05) is 18.7 Å². The van der Waals surface area contributed by atoms with Crippen LogP contribution in [-0.2, 0) is 20.9 Å². The minimum atomic E-state index is -1.06. The van der Waals surface area contributed by atoms with E-state index >= 15 is 0 Å². The molecule has 1 heterocycles. The molecule has 1 saturated heterocycles. The summed E-state index contributed by atoms with van der Waals surface area (Å²) in [6.07, 6.45) is 1.06. The van der Waals surface area contributed by atoms with Gasteiger partial charge in [0.2, 0.25) is 11.8 Å². The van der Waals surface area contributed by atoms with E-state index in [4.69, 9.17) is 10.5 Å². The van der Waals surface area contributed by atoms with E-state index < -0.39 is 11.3 Å². The summed E-state index contributed by atoms with van der Waals surface area (Å²) in [4.78, 5) is 25.4. The monoisotopic (exact) mass is 349 g/mol. The van der Waals surface area contributed by atoms with Gasteiger partial charge in [0.25, 0.3) is 0 Å². The van der Waals surface area contributed by atoms with Crippen molar-refractivity contribution in [2.75, 3.05) is 18.0 Å². The molecule has 0 aromatic heterocycles. The number of hydrogen-bond donors (Lipinski definition) is 2. The predicted molar refractivity (Wildman–Crippen MR) is 91.3 cm³/mol. The Labute approximate surface area is 146 Å². The van der Waals surface area contributed by atoms with Crippen LogP contribution < -0.4 is 16.0 Å². The Morgan fingerprint density at radius 1 is 1.32 bits per heavy atom. The number of carbonyl (C=O) groups is 2. The van der Waals surface area contributed by atoms with Crippen molar-refractivity contribution in [2.45, 2.75) is 45.4 Å². The summed E-state index contributed by atoms with van der Waals surface area (Å²) in [6.45, 7) is 5.38. The second-order valence-corrected chi connectivity index (χ2v) is 7.08. The number of halogens is 1. The lowest BCUT2D eigenvalue weighted by molar-refractivity contribution is -0.135. The van der Waals surface area contributed by atoms with Gasteiger partial charge in [-0.2, -0.15) is 0 Å². The number of primary amides is 1. The summed E-state index contributed by atoms with van der Waals surface area (Å²) in [7, 11) is 0. The Morgan fingerprint density at radius 2 is 1.96 bits per heavy atom. The fraction of sp³-hybridized carbons (Fsp3) is 0.556. The van der Waals surface area contributed by atoms with Crippen molar-refractivity contribution in [1.29, 1.82) is 0 Å². The molecule has 6 nitrogen and oxygen atoms in total. The Balaban J connectivity index is 1.64. The fourth-order valence-corrected chi connectivity index (χ4v) is 3.35. The number of morpholine rings is 1. The van der Waals surface area contributed by atoms with Crippen LogP contribution in [0.3, 0.4) is 0 Å². The summed E-state index contributed by atoms with van der Waals surface area (Å²) in [6, 6.07) is 4.93. The third-order valence-corrected chi connectivity index (χ3v) is 4.88. The number of benzene rings is 1. The molecule has 1 saturated carbocycles. The Kier molecular flexibility index (Phi) is 4.69. The zero-order valence-corrected chi connectivity index (χ0v) is 14.5. The van der Waals surface area contributed by atoms with Gasteiger partial charge < -0.3 is 20.7 Å². The van der Waals surface area contributed by atoms with E-state index in [-0.39, 0.29) is 30.5 Å². The maximum absolute atomic E-state index is 14.5. The quantitative estimate of drug-likeness (QED) is 0.785. The maximum Gasteiger partial charge on any atom is 0.235 e. The van der Waals surface area contributed by atoms with Crippen molar-refractivity contribution >= 4 is 17.5 Å². The predicted octanol–water partition coefficient (Wildman–Crippen LogP) is 1.32. The Morgan fingerprint density at radius 3 is 2.48 bits per heavy atom. The van der Waals surface area contributed by atoms with Gasteiger partial charge in [-0.05, 0) is 44.4 Å². The van der Waals surface area contributed by atoms with Gasteiger partial charge in [-0.25, -0.2) is 4.39 Å². The molecule has 3 rings (SSSR count). The van der Waals surface area contributed by atoms with Crippen LogP contribution in [0, 0.1) is 11.2 Å². The first-order valence-corrected chi connectivity index (χ1v) is 8.59. The molecular formula is C18H24FN3O3. The molecule has 0 radical (unpaired) electrons. The summed E-state index contributed by atoms with van der Waals surface area (Å²) in [5.74, 6) is -1.30. The summed E-state index contributed by atoms with van der Waals surface area (Å²) < 4.78 is 20.2. The van der Waals surface area contributed by atoms with Crippen LogP contribution >= 0.6 is 0 Å². The van der Waals surface area contributed by atoms with Crippen LogP contribution in [0.5, 0.6) is 0 Å². The smallest absolute Gasteiger partial charge is 0.235 e. The first kappa shape index (κ1) is 17.7. The third kappa shape index (κ3) is 3.61. The van der Waals surface area contributed by atoms with Crippen molar-refractivity contribution in [1.82, 2.24) is 5.32 Å². The molecule has 25 heavy (non-hydrogen) atoms. The minimum absolute atomic E-state index is 0.0469. The van der Waals surface area contributed by atoms with E-state index in [9.17, 15) is 14.0 Å². The van der Waals surface area contributed by atoms with Gasteiger partial charge in [0.15, 0.2) is 0 Å². The van der Waals surface area contributed by atoms with Gasteiger partial charge in [-0.3, -0.25) is 9.59 Å². The van der Waals surface area contributed by atoms with Gasteiger partial charge >= 0.3 is 0 Å². The number of ether oxygens (including phenoxy) is 1. The van der Waals surface area contributed by atoms with Crippen molar-refractivity contribution < 1.29 is 18.7 Å². The number of rotatable bonds is 5. The summed E-state index contributed by atoms with van der Waals surface area (Å²) in [5.41, 5.74) is 5.40. The van der Waals surface area contributed by atoms with Crippen molar-refractivity contribution in [2.24, 2.45) is 11.1 Å². The van der Waals surface area contributed by atoms with E-state index in [0.717, 1.165) is 0 Å². The standard InChI is InChI=1S/C18H24FN3O3/c1-11-9-22(10-12(2)25-11)15-4-3-13(7-14(15)19)8-21-17(24)18(5-6-18)16(20)23/h3-4,7,11-12H,5-6,8-10H2,1-2H3,(H2,20,23)(H,21,24)/t11-,12-/m1/s1. The highest BCUT2D eigenvalue weighted by Crippen LogP contribution is 2.45. The molecule has 3 N–H and O–H groups in total.